The van der Waals surface area contributed by atoms with E-state index in [2.05, 4.69) is 20.7 Å². The van der Waals surface area contributed by atoms with E-state index in [0.717, 1.165) is 6.07 Å². The van der Waals surface area contributed by atoms with Crippen LogP contribution < -0.4 is 0 Å². The Kier molecular flexibility index (Phi) is 3.81. The summed E-state index contributed by atoms with van der Waals surface area (Å²) in [5, 5.41) is 8.60. The summed E-state index contributed by atoms with van der Waals surface area (Å²) in [6, 6.07) is 4.20. The maximum absolute atomic E-state index is 13.1. The summed E-state index contributed by atoms with van der Waals surface area (Å²) in [7, 11) is 1.27. The fraction of sp³-hybridized carbons (Fsp3) is 0.200. The van der Waals surface area contributed by atoms with Crippen LogP contribution >= 0.6 is 15.9 Å². The largest absolute Gasteiger partial charge is 0.469 e. The van der Waals surface area contributed by atoms with Gasteiger partial charge in [-0.05, 0) is 17.7 Å². The molecule has 0 N–H and O–H groups in total. The van der Waals surface area contributed by atoms with E-state index in [1.54, 1.807) is 6.07 Å². The molecule has 0 amide bonds. The molecule has 0 aliphatic heterocycles. The van der Waals surface area contributed by atoms with Crippen LogP contribution in [-0.2, 0) is 16.0 Å². The van der Waals surface area contributed by atoms with Crippen molar-refractivity contribution in [2.24, 2.45) is 0 Å². The van der Waals surface area contributed by atoms with E-state index in [1.807, 2.05) is 0 Å². The molecule has 0 aromatic heterocycles. The Bertz CT molecular complexity index is 440. The van der Waals surface area contributed by atoms with Gasteiger partial charge in [-0.1, -0.05) is 15.9 Å². The number of carbonyl (C=O) groups excluding carboxylic acids is 1. The quantitative estimate of drug-likeness (QED) is 0.775. The van der Waals surface area contributed by atoms with E-state index < -0.39 is 11.8 Å². The molecule has 0 aliphatic rings. The summed E-state index contributed by atoms with van der Waals surface area (Å²) < 4.78 is 18.0. The van der Waals surface area contributed by atoms with Crippen molar-refractivity contribution in [3.8, 4) is 6.07 Å². The van der Waals surface area contributed by atoms with Crippen LogP contribution in [0.15, 0.2) is 16.6 Å². The predicted molar refractivity (Wildman–Crippen MR) is 54.5 cm³/mol. The number of nitriles is 1. The highest BCUT2D eigenvalue weighted by atomic mass is 79.9. The number of ether oxygens (including phenoxy) is 1. The first-order chi connectivity index (χ1) is 7.08. The van der Waals surface area contributed by atoms with Crippen molar-refractivity contribution in [1.29, 1.82) is 5.26 Å². The van der Waals surface area contributed by atoms with Crippen LogP contribution in [0, 0.1) is 17.1 Å². The third-order valence-electron chi connectivity index (χ3n) is 1.82. The normalized spacial score (nSPS) is 9.47. The zero-order valence-corrected chi connectivity index (χ0v) is 9.47. The molecule has 0 saturated heterocycles. The van der Waals surface area contributed by atoms with Gasteiger partial charge in [-0.3, -0.25) is 4.79 Å². The summed E-state index contributed by atoms with van der Waals surface area (Å²) in [4.78, 5) is 11.0. The molecule has 0 spiro atoms. The van der Waals surface area contributed by atoms with Crippen LogP contribution in [-0.4, -0.2) is 13.1 Å². The SMILES string of the molecule is COC(=O)Cc1cc(C#N)c(F)cc1Br. The van der Waals surface area contributed by atoms with Gasteiger partial charge in [-0.2, -0.15) is 5.26 Å². The number of methoxy groups -OCH3 is 1. The third-order valence-corrected chi connectivity index (χ3v) is 2.56. The van der Waals surface area contributed by atoms with Crippen molar-refractivity contribution < 1.29 is 13.9 Å². The zero-order chi connectivity index (χ0) is 11.4. The van der Waals surface area contributed by atoms with Gasteiger partial charge in [0.05, 0.1) is 19.1 Å². The van der Waals surface area contributed by atoms with Gasteiger partial charge < -0.3 is 4.74 Å². The molecular weight excluding hydrogens is 265 g/mol. The van der Waals surface area contributed by atoms with Crippen LogP contribution in [0.25, 0.3) is 0 Å². The van der Waals surface area contributed by atoms with Crippen molar-refractivity contribution in [2.45, 2.75) is 6.42 Å². The second kappa shape index (κ2) is 4.89. The molecule has 1 rings (SSSR count). The molecule has 5 heteroatoms. The van der Waals surface area contributed by atoms with E-state index in [9.17, 15) is 9.18 Å². The molecule has 0 bridgehead atoms. The van der Waals surface area contributed by atoms with Gasteiger partial charge in [-0.25, -0.2) is 4.39 Å². The standard InChI is InChI=1S/C10H7BrFNO2/c1-15-10(14)3-6-2-7(5-13)9(12)4-8(6)11/h2,4H,3H2,1H3. The first-order valence-corrected chi connectivity index (χ1v) is 4.82. The van der Waals surface area contributed by atoms with E-state index in [0.29, 0.717) is 10.0 Å². The Morgan fingerprint density at radius 3 is 2.87 bits per heavy atom. The lowest BCUT2D eigenvalue weighted by atomic mass is 10.1. The molecule has 0 heterocycles. The Labute approximate surface area is 94.6 Å². The van der Waals surface area contributed by atoms with E-state index in [1.165, 1.54) is 13.2 Å². The van der Waals surface area contributed by atoms with E-state index in [-0.39, 0.29) is 12.0 Å². The Morgan fingerprint density at radius 1 is 1.67 bits per heavy atom. The molecule has 0 aliphatic carbocycles. The lowest BCUT2D eigenvalue weighted by Crippen LogP contribution is -2.05. The van der Waals surface area contributed by atoms with Gasteiger partial charge in [0.2, 0.25) is 0 Å². The average Bonchev–Trinajstić information content (AvgIpc) is 2.21. The molecule has 0 radical (unpaired) electrons. The summed E-state index contributed by atoms with van der Waals surface area (Å²) >= 11 is 3.11. The van der Waals surface area contributed by atoms with Crippen molar-refractivity contribution in [2.75, 3.05) is 7.11 Å². The minimum absolute atomic E-state index is 0.00600. The summed E-state index contributed by atoms with van der Waals surface area (Å²) in [6.45, 7) is 0. The predicted octanol–water partition coefficient (Wildman–Crippen LogP) is 2.18. The maximum Gasteiger partial charge on any atom is 0.310 e. The summed E-state index contributed by atoms with van der Waals surface area (Å²) in [5.74, 6) is -1.05. The van der Waals surface area contributed by atoms with Gasteiger partial charge in [0, 0.05) is 4.47 Å². The Morgan fingerprint density at radius 2 is 2.33 bits per heavy atom. The minimum Gasteiger partial charge on any atom is -0.469 e. The second-order valence-electron chi connectivity index (χ2n) is 2.79. The lowest BCUT2D eigenvalue weighted by Gasteiger charge is -2.04. The number of hydrogen-bond acceptors (Lipinski definition) is 3. The number of carbonyl (C=O) groups is 1. The summed E-state index contributed by atoms with van der Waals surface area (Å²) in [5.41, 5.74) is 0.442. The number of benzene rings is 1. The first kappa shape index (κ1) is 11.7. The highest BCUT2D eigenvalue weighted by Crippen LogP contribution is 2.21. The molecule has 1 aromatic rings. The van der Waals surface area contributed by atoms with Crippen molar-refractivity contribution in [3.05, 3.63) is 33.5 Å². The topological polar surface area (TPSA) is 50.1 Å². The zero-order valence-electron chi connectivity index (χ0n) is 7.88. The molecule has 0 saturated carbocycles. The highest BCUT2D eigenvalue weighted by Gasteiger charge is 2.11. The number of esters is 1. The number of nitrogens with zero attached hydrogens (tertiary/aromatic N) is 1. The Hall–Kier alpha value is -1.41. The van der Waals surface area contributed by atoms with Gasteiger partial charge >= 0.3 is 5.97 Å². The van der Waals surface area contributed by atoms with Gasteiger partial charge in [0.1, 0.15) is 11.9 Å². The van der Waals surface area contributed by atoms with Gasteiger partial charge in [-0.15, -0.1) is 0 Å². The second-order valence-corrected chi connectivity index (χ2v) is 3.64. The average molecular weight is 272 g/mol. The third kappa shape index (κ3) is 2.77. The molecule has 78 valence electrons. The number of halogens is 2. The van der Waals surface area contributed by atoms with Crippen LogP contribution in [0.1, 0.15) is 11.1 Å². The highest BCUT2D eigenvalue weighted by molar-refractivity contribution is 9.10. The van der Waals surface area contributed by atoms with Gasteiger partial charge in [0.25, 0.3) is 0 Å². The monoisotopic (exact) mass is 271 g/mol. The molecule has 0 unspecified atom stereocenters. The molecular formula is C10H7BrFNO2. The van der Waals surface area contributed by atoms with Crippen LogP contribution in [0.5, 0.6) is 0 Å². The molecule has 0 atom stereocenters. The lowest BCUT2D eigenvalue weighted by molar-refractivity contribution is -0.139. The first-order valence-electron chi connectivity index (χ1n) is 4.03. The van der Waals surface area contributed by atoms with Crippen molar-refractivity contribution >= 4 is 21.9 Å². The van der Waals surface area contributed by atoms with E-state index >= 15 is 0 Å². The van der Waals surface area contributed by atoms with Crippen molar-refractivity contribution in [3.63, 3.8) is 0 Å². The van der Waals surface area contributed by atoms with Gasteiger partial charge in [0.15, 0.2) is 0 Å². The van der Waals surface area contributed by atoms with Crippen LogP contribution in [0.4, 0.5) is 4.39 Å². The van der Waals surface area contributed by atoms with E-state index in [4.69, 9.17) is 5.26 Å². The maximum atomic E-state index is 13.1. The fourth-order valence-electron chi connectivity index (χ4n) is 1.04. The van der Waals surface area contributed by atoms with Crippen LogP contribution in [0.3, 0.4) is 0 Å². The molecule has 3 nitrogen and oxygen atoms in total. The molecule has 1 aromatic carbocycles. The fourth-order valence-corrected chi connectivity index (χ4v) is 1.50. The molecule has 15 heavy (non-hydrogen) atoms. The van der Waals surface area contributed by atoms with Crippen LogP contribution in [0.2, 0.25) is 0 Å². The smallest absolute Gasteiger partial charge is 0.310 e. The summed E-state index contributed by atoms with van der Waals surface area (Å²) in [6.07, 6.45) is 0.00600. The molecule has 0 fully saturated rings. The minimum atomic E-state index is -0.613. The number of rotatable bonds is 2. The Balaban J connectivity index is 3.09. The van der Waals surface area contributed by atoms with Crippen molar-refractivity contribution in [1.82, 2.24) is 0 Å². The number of hydrogen-bond donors (Lipinski definition) is 0.